The van der Waals surface area contributed by atoms with Gasteiger partial charge in [0.25, 0.3) is 0 Å². The summed E-state index contributed by atoms with van der Waals surface area (Å²) in [5.74, 6) is -0.322. The normalized spacial score (nSPS) is 12.9. The summed E-state index contributed by atoms with van der Waals surface area (Å²) in [7, 11) is 0. The Hall–Kier alpha value is -1.62. The van der Waals surface area contributed by atoms with Crippen LogP contribution in [0.15, 0.2) is 24.3 Å². The third-order valence-electron chi connectivity index (χ3n) is 2.17. The van der Waals surface area contributed by atoms with Crippen molar-refractivity contribution >= 4 is 6.09 Å². The molecule has 5 heteroatoms. The minimum Gasteiger partial charge on any atom is -0.448 e. The number of benzene rings is 1. The van der Waals surface area contributed by atoms with Gasteiger partial charge in [0, 0.05) is 5.54 Å². The van der Waals surface area contributed by atoms with Crippen LogP contribution in [0.1, 0.15) is 32.4 Å². The molecule has 0 aliphatic heterocycles. The van der Waals surface area contributed by atoms with Gasteiger partial charge in [-0.2, -0.15) is 0 Å². The molecule has 0 aliphatic rings. The van der Waals surface area contributed by atoms with Gasteiger partial charge >= 0.3 is 6.09 Å². The van der Waals surface area contributed by atoms with Crippen LogP contribution in [-0.2, 0) is 4.74 Å². The van der Waals surface area contributed by atoms with E-state index in [1.54, 1.807) is 12.1 Å². The number of halogens is 1. The first-order valence-electron chi connectivity index (χ1n) is 5.74. The molecular weight excluding hydrogens is 235 g/mol. The van der Waals surface area contributed by atoms with Gasteiger partial charge in [-0.3, -0.25) is 0 Å². The standard InChI is InChI=1S/C13H19FN2O2/c1-13(2,3)16-12(17)18-8-11(15)9-4-6-10(14)7-5-9/h4-7,11H,8,15H2,1-3H3,(H,16,17)/t11-/m0/s1. The lowest BCUT2D eigenvalue weighted by Gasteiger charge is -2.21. The van der Waals surface area contributed by atoms with E-state index in [0.717, 1.165) is 5.56 Å². The number of nitrogens with one attached hydrogen (secondary N) is 1. The highest BCUT2D eigenvalue weighted by Crippen LogP contribution is 2.11. The Morgan fingerprint density at radius 3 is 2.44 bits per heavy atom. The van der Waals surface area contributed by atoms with E-state index < -0.39 is 12.1 Å². The van der Waals surface area contributed by atoms with Crippen LogP contribution in [0.3, 0.4) is 0 Å². The second-order valence-corrected chi connectivity index (χ2v) is 5.13. The van der Waals surface area contributed by atoms with E-state index in [0.29, 0.717) is 0 Å². The van der Waals surface area contributed by atoms with E-state index in [1.807, 2.05) is 20.8 Å². The van der Waals surface area contributed by atoms with Gasteiger partial charge in [-0.15, -0.1) is 0 Å². The maximum atomic E-state index is 12.7. The third-order valence-corrected chi connectivity index (χ3v) is 2.17. The first-order valence-corrected chi connectivity index (χ1v) is 5.74. The van der Waals surface area contributed by atoms with Crippen LogP contribution >= 0.6 is 0 Å². The van der Waals surface area contributed by atoms with Gasteiger partial charge in [0.05, 0.1) is 6.04 Å². The Balaban J connectivity index is 2.44. The second kappa shape index (κ2) is 5.82. The van der Waals surface area contributed by atoms with Crippen molar-refractivity contribution in [1.29, 1.82) is 0 Å². The Labute approximate surface area is 106 Å². The predicted molar refractivity (Wildman–Crippen MR) is 67.6 cm³/mol. The lowest BCUT2D eigenvalue weighted by atomic mass is 10.1. The molecule has 0 fully saturated rings. The quantitative estimate of drug-likeness (QED) is 0.870. The second-order valence-electron chi connectivity index (χ2n) is 5.13. The Morgan fingerprint density at radius 2 is 1.94 bits per heavy atom. The number of nitrogens with two attached hydrogens (primary N) is 1. The molecule has 1 atom stereocenters. The maximum absolute atomic E-state index is 12.7. The molecule has 0 aromatic heterocycles. The zero-order valence-corrected chi connectivity index (χ0v) is 10.9. The molecule has 4 nitrogen and oxygen atoms in total. The van der Waals surface area contributed by atoms with Gasteiger partial charge < -0.3 is 15.8 Å². The Morgan fingerprint density at radius 1 is 1.39 bits per heavy atom. The van der Waals surface area contributed by atoms with Crippen LogP contribution in [-0.4, -0.2) is 18.2 Å². The number of hydrogen-bond donors (Lipinski definition) is 2. The molecule has 100 valence electrons. The van der Waals surface area contributed by atoms with Crippen molar-refractivity contribution in [2.75, 3.05) is 6.61 Å². The highest BCUT2D eigenvalue weighted by Gasteiger charge is 2.16. The van der Waals surface area contributed by atoms with Crippen LogP contribution in [0, 0.1) is 5.82 Å². The maximum Gasteiger partial charge on any atom is 0.407 e. The topological polar surface area (TPSA) is 64.3 Å². The fourth-order valence-corrected chi connectivity index (χ4v) is 1.31. The number of hydrogen-bond acceptors (Lipinski definition) is 3. The van der Waals surface area contributed by atoms with Crippen LogP contribution in [0.5, 0.6) is 0 Å². The van der Waals surface area contributed by atoms with Gasteiger partial charge in [0.2, 0.25) is 0 Å². The molecule has 0 saturated heterocycles. The molecule has 1 amide bonds. The molecule has 0 unspecified atom stereocenters. The van der Waals surface area contributed by atoms with E-state index >= 15 is 0 Å². The number of alkyl carbamates (subject to hydrolysis) is 1. The van der Waals surface area contributed by atoms with E-state index in [9.17, 15) is 9.18 Å². The summed E-state index contributed by atoms with van der Waals surface area (Å²) in [6.45, 7) is 5.62. The SMILES string of the molecule is CC(C)(C)NC(=O)OC[C@H](N)c1ccc(F)cc1. The summed E-state index contributed by atoms with van der Waals surface area (Å²) in [6, 6.07) is 5.33. The predicted octanol–water partition coefficient (Wildman–Crippen LogP) is 2.35. The summed E-state index contributed by atoms with van der Waals surface area (Å²) < 4.78 is 17.7. The Kier molecular flexibility index (Phi) is 4.67. The van der Waals surface area contributed by atoms with Gasteiger partial charge in [-0.05, 0) is 38.5 Å². The van der Waals surface area contributed by atoms with Crippen molar-refractivity contribution in [3.8, 4) is 0 Å². The van der Waals surface area contributed by atoms with E-state index in [-0.39, 0.29) is 18.0 Å². The summed E-state index contributed by atoms with van der Waals surface area (Å²) >= 11 is 0. The minimum absolute atomic E-state index is 0.0492. The van der Waals surface area contributed by atoms with Gasteiger partial charge in [0.15, 0.2) is 0 Å². The van der Waals surface area contributed by atoms with Crippen LogP contribution < -0.4 is 11.1 Å². The average molecular weight is 254 g/mol. The summed E-state index contributed by atoms with van der Waals surface area (Å²) in [5, 5.41) is 2.66. The minimum atomic E-state index is -0.514. The average Bonchev–Trinajstić information content (AvgIpc) is 2.24. The van der Waals surface area contributed by atoms with Gasteiger partial charge in [0.1, 0.15) is 12.4 Å². The summed E-state index contributed by atoms with van der Waals surface area (Å²) in [5.41, 5.74) is 6.20. The van der Waals surface area contributed by atoms with Crippen molar-refractivity contribution in [3.63, 3.8) is 0 Å². The van der Waals surface area contributed by atoms with E-state index in [1.165, 1.54) is 12.1 Å². The number of rotatable bonds is 3. The fraction of sp³-hybridized carbons (Fsp3) is 0.462. The van der Waals surface area contributed by atoms with Crippen LogP contribution in [0.25, 0.3) is 0 Å². The highest BCUT2D eigenvalue weighted by atomic mass is 19.1. The number of carbonyl (C=O) groups is 1. The molecule has 1 aromatic rings. The van der Waals surface area contributed by atoms with E-state index in [2.05, 4.69) is 5.32 Å². The number of amides is 1. The molecule has 0 bridgehead atoms. The first kappa shape index (κ1) is 14.4. The zero-order valence-electron chi connectivity index (χ0n) is 10.9. The molecule has 18 heavy (non-hydrogen) atoms. The molecule has 1 rings (SSSR count). The molecule has 0 heterocycles. The highest BCUT2D eigenvalue weighted by molar-refractivity contribution is 5.68. The summed E-state index contributed by atoms with van der Waals surface area (Å²) in [6.07, 6.45) is -0.514. The smallest absolute Gasteiger partial charge is 0.407 e. The van der Waals surface area contributed by atoms with Gasteiger partial charge in [-0.1, -0.05) is 12.1 Å². The molecular formula is C13H19FN2O2. The molecule has 0 aliphatic carbocycles. The molecule has 1 aromatic carbocycles. The number of ether oxygens (including phenoxy) is 1. The lowest BCUT2D eigenvalue weighted by molar-refractivity contribution is 0.131. The van der Waals surface area contributed by atoms with Crippen molar-refractivity contribution in [2.24, 2.45) is 5.73 Å². The van der Waals surface area contributed by atoms with Crippen molar-refractivity contribution in [1.82, 2.24) is 5.32 Å². The largest absolute Gasteiger partial charge is 0.448 e. The number of carbonyl (C=O) groups excluding carboxylic acids is 1. The summed E-state index contributed by atoms with van der Waals surface area (Å²) in [4.78, 5) is 11.4. The van der Waals surface area contributed by atoms with Crippen molar-refractivity contribution < 1.29 is 13.9 Å². The lowest BCUT2D eigenvalue weighted by Crippen LogP contribution is -2.41. The zero-order chi connectivity index (χ0) is 13.8. The van der Waals surface area contributed by atoms with Crippen LogP contribution in [0.4, 0.5) is 9.18 Å². The van der Waals surface area contributed by atoms with Crippen molar-refractivity contribution in [3.05, 3.63) is 35.6 Å². The van der Waals surface area contributed by atoms with E-state index in [4.69, 9.17) is 10.5 Å². The molecule has 0 spiro atoms. The van der Waals surface area contributed by atoms with Gasteiger partial charge in [-0.25, -0.2) is 9.18 Å². The molecule has 0 saturated carbocycles. The molecule has 3 N–H and O–H groups in total. The molecule has 0 radical (unpaired) electrons. The first-order chi connectivity index (χ1) is 8.28. The van der Waals surface area contributed by atoms with Crippen LogP contribution in [0.2, 0.25) is 0 Å². The Bertz CT molecular complexity index is 398. The fourth-order valence-electron chi connectivity index (χ4n) is 1.31. The van der Waals surface area contributed by atoms with Crippen molar-refractivity contribution in [2.45, 2.75) is 32.4 Å². The monoisotopic (exact) mass is 254 g/mol. The third kappa shape index (κ3) is 5.14.